The fraction of sp³-hybridized carbons (Fsp3) is 0.0426. The predicted molar refractivity (Wildman–Crippen MR) is 209 cm³/mol. The van der Waals surface area contributed by atoms with Gasteiger partial charge in [0.2, 0.25) is 0 Å². The summed E-state index contributed by atoms with van der Waals surface area (Å²) in [4.78, 5) is 4.90. The normalized spacial score (nSPS) is 13.2. The molecule has 0 atom stereocenters. The van der Waals surface area contributed by atoms with Gasteiger partial charge in [0.05, 0.1) is 17.9 Å². The largest absolute Gasteiger partial charge is 0.456 e. The van der Waals surface area contributed by atoms with E-state index < -0.39 is 6.04 Å². The summed E-state index contributed by atoms with van der Waals surface area (Å²) >= 11 is 0. The zero-order valence-corrected chi connectivity index (χ0v) is 27.2. The molecule has 0 aliphatic carbocycles. The van der Waals surface area contributed by atoms with Gasteiger partial charge in [-0.15, -0.1) is 0 Å². The third-order valence-corrected chi connectivity index (χ3v) is 9.85. The minimum Gasteiger partial charge on any atom is -0.456 e. The van der Waals surface area contributed by atoms with Crippen molar-refractivity contribution in [1.82, 2.24) is 9.55 Å². The van der Waals surface area contributed by atoms with Crippen LogP contribution in [0.2, 0.25) is 0 Å². The molecule has 50 heavy (non-hydrogen) atoms. The fourth-order valence-corrected chi connectivity index (χ4v) is 7.69. The fourth-order valence-electron chi connectivity index (χ4n) is 7.69. The molecular formula is C47H32N2O. The Morgan fingerprint density at radius 2 is 1.26 bits per heavy atom. The number of rotatable bonds is 5. The second-order valence-electron chi connectivity index (χ2n) is 12.6. The molecule has 0 spiro atoms. The maximum Gasteiger partial charge on any atom is 0.136 e. The Morgan fingerprint density at radius 3 is 2.08 bits per heavy atom. The summed E-state index contributed by atoms with van der Waals surface area (Å²) in [6.45, 7) is 2.12. The van der Waals surface area contributed by atoms with Crippen molar-refractivity contribution in [3.63, 3.8) is 0 Å². The first-order valence-electron chi connectivity index (χ1n) is 19.4. The highest BCUT2D eigenvalue weighted by Gasteiger charge is 2.21. The molecule has 0 amide bonds. The zero-order valence-electron chi connectivity index (χ0n) is 32.2. The Labute approximate surface area is 296 Å². The van der Waals surface area contributed by atoms with E-state index in [-0.39, 0.29) is 29.7 Å². The van der Waals surface area contributed by atoms with Crippen LogP contribution in [0.5, 0.6) is 0 Å². The van der Waals surface area contributed by atoms with E-state index in [2.05, 4.69) is 72.2 Å². The monoisotopic (exact) mass is 645 g/mol. The van der Waals surface area contributed by atoms with Crippen LogP contribution in [0.1, 0.15) is 19.6 Å². The van der Waals surface area contributed by atoms with E-state index in [1.165, 1.54) is 0 Å². The van der Waals surface area contributed by atoms with Crippen molar-refractivity contribution in [1.29, 1.82) is 0 Å². The van der Waals surface area contributed by atoms with E-state index in [1.54, 1.807) is 0 Å². The van der Waals surface area contributed by atoms with Crippen molar-refractivity contribution in [3.05, 3.63) is 169 Å². The maximum absolute atomic E-state index is 8.85. The molecule has 8 aromatic carbocycles. The van der Waals surface area contributed by atoms with Crippen LogP contribution in [0.15, 0.2) is 168 Å². The van der Waals surface area contributed by atoms with E-state index in [0.717, 1.165) is 94.7 Å². The molecule has 0 radical (unpaired) electrons. The van der Waals surface area contributed by atoms with Crippen molar-refractivity contribution < 1.29 is 11.3 Å². The number of para-hydroxylation sites is 3. The van der Waals surface area contributed by atoms with E-state index >= 15 is 0 Å². The molecule has 10 aromatic rings. The van der Waals surface area contributed by atoms with Crippen LogP contribution in [0.3, 0.4) is 0 Å². The molecule has 2 aromatic heterocycles. The number of hydrogen-bond acceptors (Lipinski definition) is 2. The highest BCUT2D eigenvalue weighted by Crippen LogP contribution is 2.47. The molecule has 0 aliphatic heterocycles. The number of hydrogen-bond donors (Lipinski definition) is 0. The average Bonchev–Trinajstić information content (AvgIpc) is 3.80. The Balaban J connectivity index is 1.30. The van der Waals surface area contributed by atoms with Crippen molar-refractivity contribution in [2.45, 2.75) is 13.3 Å². The number of benzene rings is 8. The van der Waals surface area contributed by atoms with Gasteiger partial charge in [-0.2, -0.15) is 0 Å². The molecule has 0 aliphatic rings. The standard InChI is InChI=1S/C47H32N2O/c1-2-44-48-40-19-9-10-20-41(40)49(44)33-26-23-31(24-27-33)45-34-15-6-7-16-35(34)46(39-29-32(25-28-36(39)45)30-13-4-3-5-14-30)38-18-12-22-43-47(38)37-17-8-11-21-42(37)50-43/h3-29H,2H2,1H3/i3D,4D,5D,13D,14D. The summed E-state index contributed by atoms with van der Waals surface area (Å²) in [6, 6.07) is 43.8. The van der Waals surface area contributed by atoms with Gasteiger partial charge in [0.25, 0.3) is 0 Å². The molecular weight excluding hydrogens is 609 g/mol. The third kappa shape index (κ3) is 4.33. The van der Waals surface area contributed by atoms with Gasteiger partial charge in [-0.05, 0) is 97.4 Å². The van der Waals surface area contributed by atoms with E-state index in [4.69, 9.17) is 16.3 Å². The van der Waals surface area contributed by atoms with Gasteiger partial charge in [-0.25, -0.2) is 4.98 Å². The second kappa shape index (κ2) is 11.3. The lowest BCUT2D eigenvalue weighted by molar-refractivity contribution is 0.669. The smallest absolute Gasteiger partial charge is 0.136 e. The summed E-state index contributed by atoms with van der Waals surface area (Å²) in [7, 11) is 0. The van der Waals surface area contributed by atoms with Crippen molar-refractivity contribution in [2.75, 3.05) is 0 Å². The molecule has 3 heteroatoms. The Hall–Kier alpha value is -6.45. The number of aryl methyl sites for hydroxylation is 1. The van der Waals surface area contributed by atoms with Crippen LogP contribution in [0, 0.1) is 0 Å². The van der Waals surface area contributed by atoms with Crippen LogP contribution >= 0.6 is 0 Å². The van der Waals surface area contributed by atoms with Gasteiger partial charge in [0.15, 0.2) is 0 Å². The summed E-state index contributed by atoms with van der Waals surface area (Å²) in [6.07, 6.45) is 0.794. The Bertz CT molecular complexity index is 3170. The van der Waals surface area contributed by atoms with E-state index in [9.17, 15) is 0 Å². The minimum absolute atomic E-state index is 0.171. The predicted octanol–water partition coefficient (Wildman–Crippen LogP) is 12.8. The molecule has 2 heterocycles. The first kappa shape index (κ1) is 23.8. The number of imidazole rings is 1. The van der Waals surface area contributed by atoms with Crippen LogP contribution in [-0.2, 0) is 6.42 Å². The summed E-state index contributed by atoms with van der Waals surface area (Å²) in [5, 5.41) is 5.97. The van der Waals surface area contributed by atoms with Crippen LogP contribution in [-0.4, -0.2) is 9.55 Å². The van der Waals surface area contributed by atoms with Gasteiger partial charge in [-0.1, -0.05) is 128 Å². The molecule has 0 N–H and O–H groups in total. The summed E-state index contributed by atoms with van der Waals surface area (Å²) in [5.41, 5.74) is 9.39. The first-order chi connectivity index (χ1) is 26.8. The maximum atomic E-state index is 8.85. The number of fused-ring (bicyclic) bond motifs is 6. The van der Waals surface area contributed by atoms with Crippen molar-refractivity contribution in [2.24, 2.45) is 0 Å². The number of nitrogens with zero attached hydrogens (tertiary/aromatic N) is 2. The lowest BCUT2D eigenvalue weighted by Gasteiger charge is -2.19. The van der Waals surface area contributed by atoms with Gasteiger partial charge in [0.1, 0.15) is 17.0 Å². The van der Waals surface area contributed by atoms with Crippen LogP contribution in [0.4, 0.5) is 0 Å². The van der Waals surface area contributed by atoms with Crippen LogP contribution < -0.4 is 0 Å². The van der Waals surface area contributed by atoms with Crippen molar-refractivity contribution >= 4 is 54.5 Å². The highest BCUT2D eigenvalue weighted by atomic mass is 16.3. The molecule has 0 unspecified atom stereocenters. The van der Waals surface area contributed by atoms with Crippen molar-refractivity contribution in [3.8, 4) is 39.1 Å². The SMILES string of the molecule is [2H]c1c([2H])c([2H])c(-c2ccc3c(-c4ccc(-n5c(CC)nc6ccccc65)cc4)c4ccccc4c(-c4cccc5oc6ccccc6c45)c3c2)c([2H])c1[2H]. The molecule has 0 fully saturated rings. The molecule has 0 bridgehead atoms. The molecule has 3 nitrogen and oxygen atoms in total. The highest BCUT2D eigenvalue weighted by molar-refractivity contribution is 6.26. The second-order valence-corrected chi connectivity index (χ2v) is 12.6. The lowest BCUT2D eigenvalue weighted by Crippen LogP contribution is -2.00. The van der Waals surface area contributed by atoms with E-state index in [1.807, 2.05) is 72.8 Å². The number of furan rings is 1. The lowest BCUT2D eigenvalue weighted by atomic mass is 9.84. The average molecular weight is 646 g/mol. The van der Waals surface area contributed by atoms with E-state index in [0.29, 0.717) is 5.56 Å². The molecule has 236 valence electrons. The summed E-state index contributed by atoms with van der Waals surface area (Å²) < 4.78 is 51.4. The summed E-state index contributed by atoms with van der Waals surface area (Å²) in [5.74, 6) is 0.996. The number of aromatic nitrogens is 2. The first-order valence-corrected chi connectivity index (χ1v) is 16.9. The molecule has 0 saturated heterocycles. The topological polar surface area (TPSA) is 31.0 Å². The quantitative estimate of drug-likeness (QED) is 0.174. The molecule has 0 saturated carbocycles. The third-order valence-electron chi connectivity index (χ3n) is 9.85. The zero-order chi connectivity index (χ0) is 37.5. The Morgan fingerprint density at radius 1 is 0.580 bits per heavy atom. The van der Waals surface area contributed by atoms with Gasteiger partial charge in [0, 0.05) is 22.9 Å². The Kier molecular flexibility index (Phi) is 5.39. The van der Waals surface area contributed by atoms with Gasteiger partial charge in [-0.3, -0.25) is 4.57 Å². The van der Waals surface area contributed by atoms with Crippen LogP contribution in [0.25, 0.3) is 93.6 Å². The minimum atomic E-state index is -0.412. The van der Waals surface area contributed by atoms with Gasteiger partial charge < -0.3 is 4.42 Å². The van der Waals surface area contributed by atoms with Gasteiger partial charge >= 0.3 is 0 Å². The molecule has 10 rings (SSSR count).